The molecule has 0 aliphatic heterocycles. The first kappa shape index (κ1) is 16.7. The highest BCUT2D eigenvalue weighted by Crippen LogP contribution is 2.29. The monoisotopic (exact) mass is 315 g/mol. The van der Waals surface area contributed by atoms with Gasteiger partial charge in [-0.25, -0.2) is 0 Å². The highest BCUT2D eigenvalue weighted by molar-refractivity contribution is 5.92. The average molecular weight is 315 g/mol. The van der Waals surface area contributed by atoms with Crippen LogP contribution in [0, 0.1) is 13.8 Å². The number of methoxy groups -OCH3 is 2. The van der Waals surface area contributed by atoms with Crippen LogP contribution >= 0.6 is 0 Å². The first-order valence-corrected chi connectivity index (χ1v) is 7.25. The first-order chi connectivity index (χ1) is 11.0. The second-order valence-electron chi connectivity index (χ2n) is 5.23. The van der Waals surface area contributed by atoms with Crippen molar-refractivity contribution >= 4 is 11.6 Å². The predicted molar refractivity (Wildman–Crippen MR) is 89.6 cm³/mol. The third-order valence-corrected chi connectivity index (χ3v) is 3.23. The standard InChI is InChI=1S/C18H21NO4/c1-12-7-13(2)9-15(8-12)23-11-18(20)19-14-5-6-16(21-3)17(10-14)22-4/h5-10H,11H2,1-4H3,(H,19,20). The van der Waals surface area contributed by atoms with E-state index in [0.29, 0.717) is 22.9 Å². The maximum Gasteiger partial charge on any atom is 0.262 e. The fraction of sp³-hybridized carbons (Fsp3) is 0.278. The van der Waals surface area contributed by atoms with Gasteiger partial charge in [-0.2, -0.15) is 0 Å². The Balaban J connectivity index is 1.97. The van der Waals surface area contributed by atoms with E-state index in [1.165, 1.54) is 0 Å². The number of anilines is 1. The fourth-order valence-electron chi connectivity index (χ4n) is 2.28. The summed E-state index contributed by atoms with van der Waals surface area (Å²) in [6, 6.07) is 11.0. The SMILES string of the molecule is COc1ccc(NC(=O)COc2cc(C)cc(C)c2)cc1OC. The van der Waals surface area contributed by atoms with Gasteiger partial charge in [0.15, 0.2) is 18.1 Å². The molecular weight excluding hydrogens is 294 g/mol. The van der Waals surface area contributed by atoms with Gasteiger partial charge in [-0.05, 0) is 49.2 Å². The van der Waals surface area contributed by atoms with E-state index in [2.05, 4.69) is 11.4 Å². The van der Waals surface area contributed by atoms with Crippen LogP contribution in [0.4, 0.5) is 5.69 Å². The Labute approximate surface area is 136 Å². The topological polar surface area (TPSA) is 56.8 Å². The van der Waals surface area contributed by atoms with Crippen molar-refractivity contribution in [1.82, 2.24) is 0 Å². The molecule has 1 N–H and O–H groups in total. The Bertz CT molecular complexity index is 677. The molecule has 0 unspecified atom stereocenters. The van der Waals surface area contributed by atoms with Crippen molar-refractivity contribution in [2.45, 2.75) is 13.8 Å². The smallest absolute Gasteiger partial charge is 0.262 e. The van der Waals surface area contributed by atoms with Crippen LogP contribution in [0.2, 0.25) is 0 Å². The minimum absolute atomic E-state index is 0.0583. The van der Waals surface area contributed by atoms with Crippen LogP contribution in [0.25, 0.3) is 0 Å². The van der Waals surface area contributed by atoms with Crippen LogP contribution in [-0.2, 0) is 4.79 Å². The van der Waals surface area contributed by atoms with Crippen LogP contribution in [0.5, 0.6) is 17.2 Å². The number of aryl methyl sites for hydroxylation is 2. The van der Waals surface area contributed by atoms with Crippen LogP contribution in [0.15, 0.2) is 36.4 Å². The lowest BCUT2D eigenvalue weighted by Crippen LogP contribution is -2.20. The molecule has 2 aromatic rings. The lowest BCUT2D eigenvalue weighted by molar-refractivity contribution is -0.118. The van der Waals surface area contributed by atoms with Crippen LogP contribution in [0.3, 0.4) is 0 Å². The van der Waals surface area contributed by atoms with Gasteiger partial charge in [0, 0.05) is 11.8 Å². The van der Waals surface area contributed by atoms with Gasteiger partial charge in [0.05, 0.1) is 14.2 Å². The molecule has 5 nitrogen and oxygen atoms in total. The fourth-order valence-corrected chi connectivity index (χ4v) is 2.28. The maximum atomic E-state index is 12.0. The van der Waals surface area contributed by atoms with E-state index in [-0.39, 0.29) is 12.5 Å². The number of carbonyl (C=O) groups is 1. The van der Waals surface area contributed by atoms with Gasteiger partial charge in [-0.1, -0.05) is 6.07 Å². The predicted octanol–water partition coefficient (Wildman–Crippen LogP) is 3.34. The molecule has 0 bridgehead atoms. The Morgan fingerprint density at radius 3 is 2.22 bits per heavy atom. The third kappa shape index (κ3) is 4.64. The van der Waals surface area contributed by atoms with Gasteiger partial charge >= 0.3 is 0 Å². The molecule has 23 heavy (non-hydrogen) atoms. The van der Waals surface area contributed by atoms with E-state index in [4.69, 9.17) is 14.2 Å². The van der Waals surface area contributed by atoms with Gasteiger partial charge in [-0.3, -0.25) is 4.79 Å². The van der Waals surface area contributed by atoms with Gasteiger partial charge in [0.2, 0.25) is 0 Å². The van der Waals surface area contributed by atoms with E-state index in [1.807, 2.05) is 26.0 Å². The van der Waals surface area contributed by atoms with Crippen LogP contribution in [-0.4, -0.2) is 26.7 Å². The van der Waals surface area contributed by atoms with Crippen molar-refractivity contribution in [1.29, 1.82) is 0 Å². The molecule has 2 aromatic carbocycles. The quantitative estimate of drug-likeness (QED) is 0.888. The number of hydrogen-bond donors (Lipinski definition) is 1. The first-order valence-electron chi connectivity index (χ1n) is 7.25. The summed E-state index contributed by atoms with van der Waals surface area (Å²) in [4.78, 5) is 12.0. The summed E-state index contributed by atoms with van der Waals surface area (Å²) in [5.41, 5.74) is 2.82. The van der Waals surface area contributed by atoms with E-state index in [1.54, 1.807) is 32.4 Å². The molecule has 0 atom stereocenters. The molecule has 122 valence electrons. The molecule has 2 rings (SSSR count). The van der Waals surface area contributed by atoms with Crippen molar-refractivity contribution in [3.05, 3.63) is 47.5 Å². The summed E-state index contributed by atoms with van der Waals surface area (Å²) in [7, 11) is 3.11. The second kappa shape index (κ2) is 7.54. The maximum absolute atomic E-state index is 12.0. The molecule has 0 saturated heterocycles. The molecule has 0 heterocycles. The van der Waals surface area contributed by atoms with Crippen molar-refractivity contribution in [2.24, 2.45) is 0 Å². The van der Waals surface area contributed by atoms with E-state index in [9.17, 15) is 4.79 Å². The van der Waals surface area contributed by atoms with Crippen molar-refractivity contribution < 1.29 is 19.0 Å². The zero-order valence-corrected chi connectivity index (χ0v) is 13.8. The average Bonchev–Trinajstić information content (AvgIpc) is 2.52. The lowest BCUT2D eigenvalue weighted by Gasteiger charge is -2.11. The molecule has 0 radical (unpaired) electrons. The Morgan fingerprint density at radius 2 is 1.61 bits per heavy atom. The molecule has 5 heteroatoms. The number of amides is 1. The van der Waals surface area contributed by atoms with Crippen molar-refractivity contribution in [3.8, 4) is 17.2 Å². The van der Waals surface area contributed by atoms with Gasteiger partial charge in [0.25, 0.3) is 5.91 Å². The zero-order chi connectivity index (χ0) is 16.8. The minimum Gasteiger partial charge on any atom is -0.493 e. The summed E-state index contributed by atoms with van der Waals surface area (Å²) in [6.45, 7) is 3.92. The van der Waals surface area contributed by atoms with E-state index in [0.717, 1.165) is 11.1 Å². The molecule has 1 amide bonds. The zero-order valence-electron chi connectivity index (χ0n) is 13.8. The number of nitrogens with one attached hydrogen (secondary N) is 1. The van der Waals surface area contributed by atoms with Crippen LogP contribution in [0.1, 0.15) is 11.1 Å². The molecule has 0 spiro atoms. The Morgan fingerprint density at radius 1 is 0.957 bits per heavy atom. The minimum atomic E-state index is -0.239. The van der Waals surface area contributed by atoms with E-state index >= 15 is 0 Å². The number of ether oxygens (including phenoxy) is 3. The third-order valence-electron chi connectivity index (χ3n) is 3.23. The summed E-state index contributed by atoms with van der Waals surface area (Å²) in [5.74, 6) is 1.61. The van der Waals surface area contributed by atoms with Gasteiger partial charge in [-0.15, -0.1) is 0 Å². The summed E-state index contributed by atoms with van der Waals surface area (Å²) >= 11 is 0. The molecule has 0 aliphatic rings. The second-order valence-corrected chi connectivity index (χ2v) is 5.23. The van der Waals surface area contributed by atoms with Crippen molar-refractivity contribution in [2.75, 3.05) is 26.1 Å². The highest BCUT2D eigenvalue weighted by atomic mass is 16.5. The number of rotatable bonds is 6. The van der Waals surface area contributed by atoms with Gasteiger partial charge < -0.3 is 19.5 Å². The molecule has 0 fully saturated rings. The Hall–Kier alpha value is -2.69. The largest absolute Gasteiger partial charge is 0.493 e. The molecular formula is C18H21NO4. The summed E-state index contributed by atoms with van der Waals surface area (Å²) in [6.07, 6.45) is 0. The highest BCUT2D eigenvalue weighted by Gasteiger charge is 2.08. The number of carbonyl (C=O) groups excluding carboxylic acids is 1. The molecule has 0 aromatic heterocycles. The van der Waals surface area contributed by atoms with Crippen molar-refractivity contribution in [3.63, 3.8) is 0 Å². The summed E-state index contributed by atoms with van der Waals surface area (Å²) < 4.78 is 15.9. The molecule has 0 saturated carbocycles. The number of hydrogen-bond acceptors (Lipinski definition) is 4. The van der Waals surface area contributed by atoms with Gasteiger partial charge in [0.1, 0.15) is 5.75 Å². The Kier molecular flexibility index (Phi) is 5.46. The van der Waals surface area contributed by atoms with E-state index < -0.39 is 0 Å². The summed E-state index contributed by atoms with van der Waals surface area (Å²) in [5, 5.41) is 2.77. The molecule has 0 aliphatic carbocycles. The van der Waals surface area contributed by atoms with Crippen LogP contribution < -0.4 is 19.5 Å². The lowest BCUT2D eigenvalue weighted by atomic mass is 10.1. The normalized spacial score (nSPS) is 10.1. The number of benzene rings is 2.